The molecule has 0 radical (unpaired) electrons. The van der Waals surface area contributed by atoms with Crippen molar-refractivity contribution < 1.29 is 23.5 Å². The molecule has 1 aromatic heterocycles. The first-order valence-electron chi connectivity index (χ1n) is 9.84. The van der Waals surface area contributed by atoms with Gasteiger partial charge in [0.1, 0.15) is 11.5 Å². The number of amides is 2. The van der Waals surface area contributed by atoms with Gasteiger partial charge < -0.3 is 24.9 Å². The standard InChI is InChI=1S/C23H28N2O5/c1-14-9-16-17(11-23(2,3)12-20(16)30-14)25-22(27)8-6-15-5-7-18(19(10-15)28-4)29-13-21(24)26/h5-10,17H,11-13H2,1-4H3,(H2,24,26)(H,25,27)/b8-6+. The second kappa shape index (κ2) is 8.65. The summed E-state index contributed by atoms with van der Waals surface area (Å²) in [5.41, 5.74) is 6.97. The molecule has 0 bridgehead atoms. The van der Waals surface area contributed by atoms with E-state index in [1.54, 1.807) is 24.3 Å². The van der Waals surface area contributed by atoms with E-state index in [-0.39, 0.29) is 24.0 Å². The van der Waals surface area contributed by atoms with Gasteiger partial charge in [0, 0.05) is 18.1 Å². The molecule has 2 aromatic rings. The number of rotatable bonds is 7. The van der Waals surface area contributed by atoms with Crippen LogP contribution in [0.25, 0.3) is 6.08 Å². The number of carbonyl (C=O) groups excluding carboxylic acids is 2. The monoisotopic (exact) mass is 412 g/mol. The number of hydrogen-bond donors (Lipinski definition) is 2. The van der Waals surface area contributed by atoms with Crippen LogP contribution in [0.4, 0.5) is 0 Å². The van der Waals surface area contributed by atoms with Crippen molar-refractivity contribution in [2.45, 2.75) is 39.7 Å². The topological polar surface area (TPSA) is 104 Å². The second-order valence-electron chi connectivity index (χ2n) is 8.34. The van der Waals surface area contributed by atoms with E-state index in [0.717, 1.165) is 35.5 Å². The Morgan fingerprint density at radius 2 is 2.07 bits per heavy atom. The molecule has 1 aliphatic rings. The number of aryl methyl sites for hydroxylation is 1. The predicted molar refractivity (Wildman–Crippen MR) is 113 cm³/mol. The number of benzene rings is 1. The summed E-state index contributed by atoms with van der Waals surface area (Å²) in [5.74, 6) is 1.92. The van der Waals surface area contributed by atoms with Gasteiger partial charge in [-0.3, -0.25) is 9.59 Å². The summed E-state index contributed by atoms with van der Waals surface area (Å²) in [4.78, 5) is 23.5. The highest BCUT2D eigenvalue weighted by Crippen LogP contribution is 2.42. The van der Waals surface area contributed by atoms with Gasteiger partial charge in [0.25, 0.3) is 5.91 Å². The van der Waals surface area contributed by atoms with E-state index in [1.807, 2.05) is 13.0 Å². The summed E-state index contributed by atoms with van der Waals surface area (Å²) in [7, 11) is 1.50. The Bertz CT molecular complexity index is 974. The summed E-state index contributed by atoms with van der Waals surface area (Å²) in [6, 6.07) is 7.08. The largest absolute Gasteiger partial charge is 0.493 e. The number of ether oxygens (including phenoxy) is 2. The molecule has 0 aliphatic heterocycles. The van der Waals surface area contributed by atoms with E-state index in [0.29, 0.717) is 11.5 Å². The Balaban J connectivity index is 1.69. The third kappa shape index (κ3) is 5.23. The van der Waals surface area contributed by atoms with Crippen LogP contribution >= 0.6 is 0 Å². The molecule has 1 aromatic carbocycles. The van der Waals surface area contributed by atoms with Crippen LogP contribution < -0.4 is 20.5 Å². The van der Waals surface area contributed by atoms with E-state index in [9.17, 15) is 9.59 Å². The summed E-state index contributed by atoms with van der Waals surface area (Å²) >= 11 is 0. The van der Waals surface area contributed by atoms with Crippen LogP contribution in [0.5, 0.6) is 11.5 Å². The van der Waals surface area contributed by atoms with Crippen molar-refractivity contribution in [1.82, 2.24) is 5.32 Å². The number of fused-ring (bicyclic) bond motifs is 1. The molecule has 160 valence electrons. The van der Waals surface area contributed by atoms with E-state index < -0.39 is 5.91 Å². The van der Waals surface area contributed by atoms with Crippen LogP contribution in [0.1, 0.15) is 49.0 Å². The molecule has 3 rings (SSSR count). The maximum absolute atomic E-state index is 12.6. The third-order valence-corrected chi connectivity index (χ3v) is 5.04. The zero-order chi connectivity index (χ0) is 21.9. The minimum Gasteiger partial charge on any atom is -0.493 e. The number of nitrogens with one attached hydrogen (secondary N) is 1. The molecular formula is C23H28N2O5. The number of methoxy groups -OCH3 is 1. The maximum atomic E-state index is 12.6. The number of nitrogens with two attached hydrogens (primary N) is 1. The molecule has 2 amide bonds. The molecule has 3 N–H and O–H groups in total. The Morgan fingerprint density at radius 1 is 1.30 bits per heavy atom. The molecule has 0 spiro atoms. The zero-order valence-electron chi connectivity index (χ0n) is 17.8. The molecule has 0 saturated carbocycles. The van der Waals surface area contributed by atoms with Gasteiger partial charge >= 0.3 is 0 Å². The molecule has 1 unspecified atom stereocenters. The van der Waals surface area contributed by atoms with Crippen LogP contribution in [-0.4, -0.2) is 25.5 Å². The van der Waals surface area contributed by atoms with Crippen molar-refractivity contribution in [3.8, 4) is 11.5 Å². The van der Waals surface area contributed by atoms with E-state index in [4.69, 9.17) is 19.6 Å². The molecule has 1 aliphatic carbocycles. The molecular weight excluding hydrogens is 384 g/mol. The molecule has 30 heavy (non-hydrogen) atoms. The summed E-state index contributed by atoms with van der Waals surface area (Å²) < 4.78 is 16.4. The third-order valence-electron chi connectivity index (χ3n) is 5.04. The summed E-state index contributed by atoms with van der Waals surface area (Å²) in [6.07, 6.45) is 4.90. The molecule has 7 heteroatoms. The smallest absolute Gasteiger partial charge is 0.255 e. The highest BCUT2D eigenvalue weighted by atomic mass is 16.5. The van der Waals surface area contributed by atoms with Crippen molar-refractivity contribution in [3.63, 3.8) is 0 Å². The van der Waals surface area contributed by atoms with E-state index >= 15 is 0 Å². The van der Waals surface area contributed by atoms with Gasteiger partial charge in [-0.25, -0.2) is 0 Å². The number of hydrogen-bond acceptors (Lipinski definition) is 5. The first-order valence-corrected chi connectivity index (χ1v) is 9.84. The summed E-state index contributed by atoms with van der Waals surface area (Å²) in [5, 5.41) is 3.09. The fourth-order valence-electron chi connectivity index (χ4n) is 3.76. The van der Waals surface area contributed by atoms with E-state index in [2.05, 4.69) is 19.2 Å². The van der Waals surface area contributed by atoms with Gasteiger partial charge in [0.15, 0.2) is 18.1 Å². The lowest BCUT2D eigenvalue weighted by Crippen LogP contribution is -2.35. The van der Waals surface area contributed by atoms with Crippen molar-refractivity contribution in [1.29, 1.82) is 0 Å². The van der Waals surface area contributed by atoms with Gasteiger partial charge in [-0.1, -0.05) is 19.9 Å². The molecule has 1 atom stereocenters. The Morgan fingerprint density at radius 3 is 2.77 bits per heavy atom. The Kier molecular flexibility index (Phi) is 6.20. The van der Waals surface area contributed by atoms with Crippen molar-refractivity contribution >= 4 is 17.9 Å². The quantitative estimate of drug-likeness (QED) is 0.679. The number of primary amides is 1. The SMILES string of the molecule is COc1cc(/C=C/C(=O)NC2CC(C)(C)Cc3oc(C)cc32)ccc1OCC(N)=O. The van der Waals surface area contributed by atoms with Crippen molar-refractivity contribution in [2.75, 3.05) is 13.7 Å². The van der Waals surface area contributed by atoms with Crippen LogP contribution in [0.3, 0.4) is 0 Å². The Hall–Kier alpha value is -3.22. The van der Waals surface area contributed by atoms with Gasteiger partial charge in [-0.05, 0) is 48.6 Å². The van der Waals surface area contributed by atoms with E-state index in [1.165, 1.54) is 13.2 Å². The highest BCUT2D eigenvalue weighted by Gasteiger charge is 2.35. The molecule has 1 heterocycles. The van der Waals surface area contributed by atoms with Crippen LogP contribution in [0, 0.1) is 12.3 Å². The lowest BCUT2D eigenvalue weighted by atomic mass is 9.74. The molecule has 0 saturated heterocycles. The van der Waals surface area contributed by atoms with Crippen molar-refractivity contribution in [2.24, 2.45) is 11.1 Å². The number of carbonyl (C=O) groups is 2. The first kappa shape index (κ1) is 21.5. The Labute approximate surface area is 176 Å². The maximum Gasteiger partial charge on any atom is 0.255 e. The van der Waals surface area contributed by atoms with Gasteiger partial charge in [-0.2, -0.15) is 0 Å². The first-order chi connectivity index (χ1) is 14.2. The van der Waals surface area contributed by atoms with Crippen molar-refractivity contribution in [3.05, 3.63) is 53.0 Å². The van der Waals surface area contributed by atoms with Gasteiger partial charge in [0.2, 0.25) is 5.91 Å². The van der Waals surface area contributed by atoms with Crippen LogP contribution in [0.2, 0.25) is 0 Å². The number of furan rings is 1. The van der Waals surface area contributed by atoms with Gasteiger partial charge in [-0.15, -0.1) is 0 Å². The molecule has 0 fully saturated rings. The molecule has 7 nitrogen and oxygen atoms in total. The summed E-state index contributed by atoms with van der Waals surface area (Å²) in [6.45, 7) is 6.04. The van der Waals surface area contributed by atoms with Gasteiger partial charge in [0.05, 0.1) is 13.2 Å². The van der Waals surface area contributed by atoms with Crippen LogP contribution in [-0.2, 0) is 16.0 Å². The lowest BCUT2D eigenvalue weighted by Gasteiger charge is -2.34. The highest BCUT2D eigenvalue weighted by molar-refractivity contribution is 5.92. The van der Waals surface area contributed by atoms with Crippen LogP contribution in [0.15, 0.2) is 34.8 Å². The minimum absolute atomic E-state index is 0.0487. The predicted octanol–water partition coefficient (Wildman–Crippen LogP) is 3.30. The minimum atomic E-state index is -0.570. The fourth-order valence-corrected chi connectivity index (χ4v) is 3.76. The average molecular weight is 412 g/mol. The fraction of sp³-hybridized carbons (Fsp3) is 0.391. The average Bonchev–Trinajstić information content (AvgIpc) is 3.03. The normalized spacial score (nSPS) is 17.4. The zero-order valence-corrected chi connectivity index (χ0v) is 17.8. The lowest BCUT2D eigenvalue weighted by molar-refractivity contribution is -0.120. The second-order valence-corrected chi connectivity index (χ2v) is 8.34.